The van der Waals surface area contributed by atoms with Crippen LogP contribution in [0.5, 0.6) is 0 Å². The number of rotatable bonds is 3. The van der Waals surface area contributed by atoms with E-state index in [2.05, 4.69) is 22.4 Å². The lowest BCUT2D eigenvalue weighted by Crippen LogP contribution is -2.12. The second-order valence-electron chi connectivity index (χ2n) is 5.09. The van der Waals surface area contributed by atoms with Gasteiger partial charge in [-0.25, -0.2) is 0 Å². The van der Waals surface area contributed by atoms with E-state index in [0.29, 0.717) is 17.3 Å². The molecular weight excluding hydrogens is 240 g/mol. The lowest BCUT2D eigenvalue weighted by atomic mass is 9.84. The minimum Gasteiger partial charge on any atom is -0.411 e. The van der Waals surface area contributed by atoms with E-state index in [-0.39, 0.29) is 0 Å². The van der Waals surface area contributed by atoms with Gasteiger partial charge in [0, 0.05) is 5.56 Å². The summed E-state index contributed by atoms with van der Waals surface area (Å²) < 4.78 is 0. The van der Waals surface area contributed by atoms with Crippen molar-refractivity contribution < 1.29 is 10.4 Å². The Hall–Kier alpha value is -1.84. The first-order valence-electron chi connectivity index (χ1n) is 6.77. The van der Waals surface area contributed by atoms with Crippen LogP contribution in [0.25, 0.3) is 0 Å². The Labute approximate surface area is 113 Å². The van der Waals surface area contributed by atoms with Gasteiger partial charge in [0.2, 0.25) is 0 Å². The molecule has 1 aliphatic rings. The highest BCUT2D eigenvalue weighted by molar-refractivity contribution is 6.47. The number of hydrogen-bond donors (Lipinski definition) is 2. The first kappa shape index (κ1) is 13.6. The zero-order valence-corrected chi connectivity index (χ0v) is 11.2. The van der Waals surface area contributed by atoms with Crippen molar-refractivity contribution in [1.82, 2.24) is 0 Å². The summed E-state index contributed by atoms with van der Waals surface area (Å²) in [5.41, 5.74) is 2.71. The molecule has 4 nitrogen and oxygen atoms in total. The van der Waals surface area contributed by atoms with E-state index in [1.165, 1.54) is 37.7 Å². The van der Waals surface area contributed by atoms with E-state index in [1.54, 1.807) is 6.92 Å². The van der Waals surface area contributed by atoms with E-state index in [9.17, 15) is 0 Å². The third kappa shape index (κ3) is 3.13. The fourth-order valence-corrected chi connectivity index (χ4v) is 2.74. The van der Waals surface area contributed by atoms with Crippen molar-refractivity contribution in [1.29, 1.82) is 0 Å². The van der Waals surface area contributed by atoms with Gasteiger partial charge in [0.15, 0.2) is 0 Å². The summed E-state index contributed by atoms with van der Waals surface area (Å²) in [6.07, 6.45) is 6.50. The monoisotopic (exact) mass is 260 g/mol. The first-order valence-corrected chi connectivity index (χ1v) is 6.77. The lowest BCUT2D eigenvalue weighted by Gasteiger charge is -2.22. The normalized spacial score (nSPS) is 18.6. The van der Waals surface area contributed by atoms with Crippen molar-refractivity contribution in [2.75, 3.05) is 0 Å². The predicted octanol–water partition coefficient (Wildman–Crippen LogP) is 3.76. The number of hydrogen-bond acceptors (Lipinski definition) is 4. The Bertz CT molecular complexity index is 471. The van der Waals surface area contributed by atoms with Crippen LogP contribution >= 0.6 is 0 Å². The minimum absolute atomic E-state index is 0.299. The van der Waals surface area contributed by atoms with Crippen LogP contribution in [-0.4, -0.2) is 21.8 Å². The summed E-state index contributed by atoms with van der Waals surface area (Å²) in [5.74, 6) is 0.657. The molecule has 1 saturated carbocycles. The largest absolute Gasteiger partial charge is 0.411 e. The van der Waals surface area contributed by atoms with Gasteiger partial charge in [-0.3, -0.25) is 0 Å². The maximum atomic E-state index is 9.00. The Morgan fingerprint density at radius 3 is 2.16 bits per heavy atom. The smallest absolute Gasteiger partial charge is 0.134 e. The molecule has 0 radical (unpaired) electrons. The molecule has 4 heteroatoms. The molecule has 102 valence electrons. The summed E-state index contributed by atoms with van der Waals surface area (Å²) in [6.45, 7) is 1.60. The Morgan fingerprint density at radius 1 is 1.00 bits per heavy atom. The van der Waals surface area contributed by atoms with Gasteiger partial charge in [0.05, 0.1) is 0 Å². The molecule has 0 aliphatic heterocycles. The standard InChI is InChI=1S/C15H20N2O2/c1-11(16-18)15(17-19)14-9-7-13(8-10-14)12-5-3-2-4-6-12/h7-10,12,18-19H,2-6H2,1H3. The molecule has 0 bridgehead atoms. The van der Waals surface area contributed by atoms with E-state index in [4.69, 9.17) is 10.4 Å². The zero-order valence-electron chi connectivity index (χ0n) is 11.2. The SMILES string of the molecule is CC(=NO)C(=NO)c1ccc(C2CCCCC2)cc1. The molecule has 1 aliphatic carbocycles. The van der Waals surface area contributed by atoms with Gasteiger partial charge < -0.3 is 10.4 Å². The Morgan fingerprint density at radius 2 is 1.63 bits per heavy atom. The molecule has 1 aromatic rings. The van der Waals surface area contributed by atoms with Crippen molar-refractivity contribution in [3.05, 3.63) is 35.4 Å². The van der Waals surface area contributed by atoms with E-state index >= 15 is 0 Å². The lowest BCUT2D eigenvalue weighted by molar-refractivity contribution is 0.314. The highest BCUT2D eigenvalue weighted by Crippen LogP contribution is 2.32. The second-order valence-corrected chi connectivity index (χ2v) is 5.09. The van der Waals surface area contributed by atoms with Gasteiger partial charge in [0.1, 0.15) is 11.4 Å². The highest BCUT2D eigenvalue weighted by atomic mass is 16.4. The molecule has 0 unspecified atom stereocenters. The summed E-state index contributed by atoms with van der Waals surface area (Å²) in [6, 6.07) is 8.02. The van der Waals surface area contributed by atoms with Crippen LogP contribution in [0.15, 0.2) is 34.6 Å². The quantitative estimate of drug-likeness (QED) is 0.493. The van der Waals surface area contributed by atoms with Gasteiger partial charge in [-0.05, 0) is 31.2 Å². The molecule has 2 N–H and O–H groups in total. The molecule has 1 aromatic carbocycles. The van der Waals surface area contributed by atoms with Gasteiger partial charge in [-0.15, -0.1) is 0 Å². The summed E-state index contributed by atoms with van der Waals surface area (Å²) in [7, 11) is 0. The van der Waals surface area contributed by atoms with Crippen LogP contribution in [0.1, 0.15) is 56.1 Å². The van der Waals surface area contributed by atoms with Crippen molar-refractivity contribution in [2.24, 2.45) is 10.3 Å². The van der Waals surface area contributed by atoms with Gasteiger partial charge in [0.25, 0.3) is 0 Å². The molecular formula is C15H20N2O2. The van der Waals surface area contributed by atoms with Crippen LogP contribution in [0.3, 0.4) is 0 Å². The second kappa shape index (κ2) is 6.36. The highest BCUT2D eigenvalue weighted by Gasteiger charge is 2.16. The third-order valence-corrected chi connectivity index (χ3v) is 3.85. The van der Waals surface area contributed by atoms with Crippen molar-refractivity contribution >= 4 is 11.4 Å². The number of benzene rings is 1. The maximum absolute atomic E-state index is 9.00. The van der Waals surface area contributed by atoms with Crippen LogP contribution in [-0.2, 0) is 0 Å². The zero-order chi connectivity index (χ0) is 13.7. The topological polar surface area (TPSA) is 65.2 Å². The Balaban J connectivity index is 2.18. The molecule has 2 rings (SSSR count). The fraction of sp³-hybridized carbons (Fsp3) is 0.467. The maximum Gasteiger partial charge on any atom is 0.134 e. The average Bonchev–Trinajstić information content (AvgIpc) is 2.49. The minimum atomic E-state index is 0.299. The molecule has 1 fully saturated rings. The summed E-state index contributed by atoms with van der Waals surface area (Å²) >= 11 is 0. The van der Waals surface area contributed by atoms with Gasteiger partial charge in [-0.1, -0.05) is 53.8 Å². The van der Waals surface area contributed by atoms with Crippen LogP contribution in [0.4, 0.5) is 0 Å². The van der Waals surface area contributed by atoms with Crippen LogP contribution < -0.4 is 0 Å². The van der Waals surface area contributed by atoms with E-state index in [0.717, 1.165) is 5.56 Å². The fourth-order valence-electron chi connectivity index (χ4n) is 2.74. The molecule has 0 atom stereocenters. The van der Waals surface area contributed by atoms with Crippen LogP contribution in [0, 0.1) is 0 Å². The molecule has 19 heavy (non-hydrogen) atoms. The third-order valence-electron chi connectivity index (χ3n) is 3.85. The van der Waals surface area contributed by atoms with Gasteiger partial charge >= 0.3 is 0 Å². The van der Waals surface area contributed by atoms with E-state index in [1.807, 2.05) is 12.1 Å². The Kier molecular flexibility index (Phi) is 4.55. The average molecular weight is 260 g/mol. The summed E-state index contributed by atoms with van der Waals surface area (Å²) in [5, 5.41) is 24.0. The van der Waals surface area contributed by atoms with Crippen molar-refractivity contribution in [3.8, 4) is 0 Å². The molecule has 0 saturated heterocycles. The molecule has 0 spiro atoms. The van der Waals surface area contributed by atoms with Crippen molar-refractivity contribution in [3.63, 3.8) is 0 Å². The van der Waals surface area contributed by atoms with Crippen LogP contribution in [0.2, 0.25) is 0 Å². The van der Waals surface area contributed by atoms with Gasteiger partial charge in [-0.2, -0.15) is 0 Å². The number of oxime groups is 2. The predicted molar refractivity (Wildman–Crippen MR) is 75.5 cm³/mol. The molecule has 0 aromatic heterocycles. The molecule has 0 amide bonds. The number of nitrogens with zero attached hydrogens (tertiary/aromatic N) is 2. The summed E-state index contributed by atoms with van der Waals surface area (Å²) in [4.78, 5) is 0. The first-order chi connectivity index (χ1) is 9.26. The van der Waals surface area contributed by atoms with Crippen molar-refractivity contribution in [2.45, 2.75) is 44.9 Å². The molecule has 0 heterocycles. The van der Waals surface area contributed by atoms with E-state index < -0.39 is 0 Å².